The van der Waals surface area contributed by atoms with Gasteiger partial charge < -0.3 is 15.8 Å². The highest BCUT2D eigenvalue weighted by atomic mass is 79.9. The number of carbonyl (C=O) groups is 2. The number of benzene rings is 1. The van der Waals surface area contributed by atoms with E-state index >= 15 is 0 Å². The molecule has 1 aliphatic carbocycles. The number of nitrogens with one attached hydrogen (secondary N) is 1. The molecule has 126 valence electrons. The van der Waals surface area contributed by atoms with E-state index in [-0.39, 0.29) is 30.1 Å². The van der Waals surface area contributed by atoms with Crippen LogP contribution in [0.5, 0.6) is 0 Å². The molecule has 0 saturated heterocycles. The number of halogens is 1. The Labute approximate surface area is 145 Å². The molecule has 3 atom stereocenters. The number of carbonyl (C=O) groups excluding carboxylic acids is 2. The van der Waals surface area contributed by atoms with Gasteiger partial charge >= 0.3 is 5.97 Å². The molecule has 0 aromatic heterocycles. The predicted octanol–water partition coefficient (Wildman–Crippen LogP) is 2.54. The average molecular weight is 383 g/mol. The van der Waals surface area contributed by atoms with Crippen LogP contribution in [0.1, 0.15) is 37.3 Å². The molecule has 23 heavy (non-hydrogen) atoms. The van der Waals surface area contributed by atoms with Crippen LogP contribution in [0.3, 0.4) is 0 Å². The topological polar surface area (TPSA) is 81.4 Å². The summed E-state index contributed by atoms with van der Waals surface area (Å²) < 4.78 is 5.66. The van der Waals surface area contributed by atoms with Crippen molar-refractivity contribution < 1.29 is 14.3 Å². The summed E-state index contributed by atoms with van der Waals surface area (Å²) in [4.78, 5) is 24.3. The lowest BCUT2D eigenvalue weighted by molar-refractivity contribution is -0.141. The molecule has 6 heteroatoms. The second kappa shape index (κ2) is 8.45. The molecule has 3 N–H and O–H groups in total. The smallest absolute Gasteiger partial charge is 0.307 e. The van der Waals surface area contributed by atoms with Crippen LogP contribution in [-0.4, -0.2) is 25.5 Å². The largest absolute Gasteiger partial charge is 0.469 e. The molecule has 0 aliphatic heterocycles. The van der Waals surface area contributed by atoms with E-state index in [0.29, 0.717) is 6.54 Å². The molecule has 1 unspecified atom stereocenters. The zero-order chi connectivity index (χ0) is 16.8. The molecule has 1 aliphatic rings. The lowest BCUT2D eigenvalue weighted by atomic mass is 9.94. The first-order valence-corrected chi connectivity index (χ1v) is 8.67. The third kappa shape index (κ3) is 4.78. The molecular formula is C17H23BrN2O3. The van der Waals surface area contributed by atoms with Gasteiger partial charge in [0.1, 0.15) is 0 Å². The van der Waals surface area contributed by atoms with Crippen molar-refractivity contribution in [3.8, 4) is 0 Å². The summed E-state index contributed by atoms with van der Waals surface area (Å²) in [6.45, 7) is 0.524. The van der Waals surface area contributed by atoms with E-state index in [1.807, 2.05) is 24.3 Å². The van der Waals surface area contributed by atoms with E-state index in [9.17, 15) is 9.59 Å². The normalized spacial score (nSPS) is 21.7. The summed E-state index contributed by atoms with van der Waals surface area (Å²) in [6, 6.07) is 7.19. The zero-order valence-electron chi connectivity index (χ0n) is 13.3. The Morgan fingerprint density at radius 3 is 2.87 bits per heavy atom. The van der Waals surface area contributed by atoms with Crippen LogP contribution in [0.2, 0.25) is 0 Å². The van der Waals surface area contributed by atoms with Crippen LogP contribution in [-0.2, 0) is 14.3 Å². The minimum absolute atomic E-state index is 0.0215. The Hall–Kier alpha value is -1.40. The van der Waals surface area contributed by atoms with E-state index in [1.54, 1.807) is 0 Å². The molecule has 2 rings (SSSR count). The van der Waals surface area contributed by atoms with Crippen LogP contribution in [0.4, 0.5) is 0 Å². The molecule has 0 radical (unpaired) electrons. The van der Waals surface area contributed by atoms with Crippen LogP contribution < -0.4 is 11.1 Å². The number of esters is 1. The molecule has 1 aromatic carbocycles. The van der Waals surface area contributed by atoms with Gasteiger partial charge in [0.05, 0.1) is 19.6 Å². The number of methoxy groups -OCH3 is 1. The summed E-state index contributed by atoms with van der Waals surface area (Å²) in [5.41, 5.74) is 6.64. The summed E-state index contributed by atoms with van der Waals surface area (Å²) in [7, 11) is 1.35. The summed E-state index contributed by atoms with van der Waals surface area (Å²) in [5.74, 6) is -0.201. The minimum Gasteiger partial charge on any atom is -0.469 e. The average Bonchev–Trinajstić information content (AvgIpc) is 3.02. The monoisotopic (exact) mass is 382 g/mol. The highest BCUT2D eigenvalue weighted by molar-refractivity contribution is 9.10. The molecule has 1 aromatic rings. The lowest BCUT2D eigenvalue weighted by Gasteiger charge is -2.23. The Morgan fingerprint density at radius 2 is 2.22 bits per heavy atom. The highest BCUT2D eigenvalue weighted by Crippen LogP contribution is 2.32. The molecule has 1 fully saturated rings. The maximum absolute atomic E-state index is 12.6. The molecule has 0 bridgehead atoms. The van der Waals surface area contributed by atoms with Crippen molar-refractivity contribution in [2.24, 2.45) is 17.6 Å². The quantitative estimate of drug-likeness (QED) is 0.740. The first-order chi connectivity index (χ1) is 11.0. The number of amides is 1. The Kier molecular flexibility index (Phi) is 6.59. The molecule has 5 nitrogen and oxygen atoms in total. The van der Waals surface area contributed by atoms with Crippen molar-refractivity contribution in [3.05, 3.63) is 34.3 Å². The fraction of sp³-hybridized carbons (Fsp3) is 0.529. The fourth-order valence-corrected chi connectivity index (χ4v) is 3.59. The van der Waals surface area contributed by atoms with Gasteiger partial charge in [-0.05, 0) is 43.0 Å². The predicted molar refractivity (Wildman–Crippen MR) is 91.5 cm³/mol. The molecular weight excluding hydrogens is 360 g/mol. The standard InChI is InChI=1S/C17H23BrN2O3/c1-23-16(21)9-15(11-4-2-6-13(18)8-11)20-17(22)14-7-3-5-12(14)10-19/h2,4,6,8,12,14-15H,3,5,7,9-10,19H2,1H3,(H,20,22)/t12-,14-,15?/m1/s1. The van der Waals surface area contributed by atoms with Gasteiger partial charge in [-0.3, -0.25) is 9.59 Å². The van der Waals surface area contributed by atoms with Gasteiger partial charge in [-0.2, -0.15) is 0 Å². The second-order valence-electron chi connectivity index (χ2n) is 5.93. The number of hydrogen-bond donors (Lipinski definition) is 2. The van der Waals surface area contributed by atoms with Crippen molar-refractivity contribution in [3.63, 3.8) is 0 Å². The Balaban J connectivity index is 2.14. The molecule has 0 heterocycles. The van der Waals surface area contributed by atoms with Crippen molar-refractivity contribution in [2.45, 2.75) is 31.7 Å². The number of rotatable bonds is 6. The Morgan fingerprint density at radius 1 is 1.43 bits per heavy atom. The van der Waals surface area contributed by atoms with Crippen LogP contribution in [0.25, 0.3) is 0 Å². The highest BCUT2D eigenvalue weighted by Gasteiger charge is 2.33. The van der Waals surface area contributed by atoms with Gasteiger partial charge in [0.25, 0.3) is 0 Å². The zero-order valence-corrected chi connectivity index (χ0v) is 14.8. The van der Waals surface area contributed by atoms with E-state index < -0.39 is 6.04 Å². The van der Waals surface area contributed by atoms with Gasteiger partial charge in [0.2, 0.25) is 5.91 Å². The maximum Gasteiger partial charge on any atom is 0.307 e. The first kappa shape index (κ1) is 17.9. The summed E-state index contributed by atoms with van der Waals surface area (Å²) in [6.07, 6.45) is 2.99. The molecule has 0 spiro atoms. The van der Waals surface area contributed by atoms with Crippen molar-refractivity contribution in [1.82, 2.24) is 5.32 Å². The lowest BCUT2D eigenvalue weighted by Crippen LogP contribution is -2.38. The maximum atomic E-state index is 12.6. The van der Waals surface area contributed by atoms with E-state index in [2.05, 4.69) is 21.2 Å². The first-order valence-electron chi connectivity index (χ1n) is 7.88. The number of ether oxygens (including phenoxy) is 1. The Bertz CT molecular complexity index is 565. The van der Waals surface area contributed by atoms with Crippen molar-refractivity contribution >= 4 is 27.8 Å². The minimum atomic E-state index is -0.397. The summed E-state index contributed by atoms with van der Waals surface area (Å²) in [5, 5.41) is 3.02. The van der Waals surface area contributed by atoms with E-state index in [4.69, 9.17) is 10.5 Å². The van der Waals surface area contributed by atoms with Crippen LogP contribution in [0.15, 0.2) is 28.7 Å². The second-order valence-corrected chi connectivity index (χ2v) is 6.85. The molecule has 1 saturated carbocycles. The van der Waals surface area contributed by atoms with Gasteiger partial charge in [0, 0.05) is 10.4 Å². The van der Waals surface area contributed by atoms with E-state index in [1.165, 1.54) is 7.11 Å². The third-order valence-corrected chi connectivity index (χ3v) is 4.96. The molecule has 1 amide bonds. The third-order valence-electron chi connectivity index (χ3n) is 4.46. The number of nitrogens with two attached hydrogens (primary N) is 1. The fourth-order valence-electron chi connectivity index (χ4n) is 3.17. The summed E-state index contributed by atoms with van der Waals surface area (Å²) >= 11 is 3.42. The van der Waals surface area contributed by atoms with E-state index in [0.717, 1.165) is 29.3 Å². The van der Waals surface area contributed by atoms with Crippen LogP contribution in [0, 0.1) is 11.8 Å². The van der Waals surface area contributed by atoms with Gasteiger partial charge in [-0.15, -0.1) is 0 Å². The van der Waals surface area contributed by atoms with Crippen molar-refractivity contribution in [1.29, 1.82) is 0 Å². The van der Waals surface area contributed by atoms with Gasteiger partial charge in [-0.1, -0.05) is 34.5 Å². The van der Waals surface area contributed by atoms with Gasteiger partial charge in [-0.25, -0.2) is 0 Å². The van der Waals surface area contributed by atoms with Crippen LogP contribution >= 0.6 is 15.9 Å². The van der Waals surface area contributed by atoms with Gasteiger partial charge in [0.15, 0.2) is 0 Å². The number of hydrogen-bond acceptors (Lipinski definition) is 4. The van der Waals surface area contributed by atoms with Crippen molar-refractivity contribution in [2.75, 3.05) is 13.7 Å². The SMILES string of the molecule is COC(=O)CC(NC(=O)[C@@H]1CCC[C@@H]1CN)c1cccc(Br)c1.